The van der Waals surface area contributed by atoms with E-state index < -0.39 is 0 Å². The summed E-state index contributed by atoms with van der Waals surface area (Å²) in [6.07, 6.45) is 10.4. The van der Waals surface area contributed by atoms with Crippen molar-refractivity contribution in [2.75, 3.05) is 0 Å². The molecule has 0 spiro atoms. The van der Waals surface area contributed by atoms with Crippen molar-refractivity contribution in [2.45, 2.75) is 45.6 Å². The third kappa shape index (κ3) is 4.60. The quantitative estimate of drug-likeness (QED) is 0.516. The molecule has 0 saturated carbocycles. The van der Waals surface area contributed by atoms with E-state index in [0.29, 0.717) is 0 Å². The van der Waals surface area contributed by atoms with Gasteiger partial charge < -0.3 is 0 Å². The number of nitrogens with zero attached hydrogens (tertiary/aromatic N) is 2. The zero-order chi connectivity index (χ0) is 10.9. The molecule has 15 heavy (non-hydrogen) atoms. The van der Waals surface area contributed by atoms with Gasteiger partial charge in [-0.2, -0.15) is 5.26 Å². The Morgan fingerprint density at radius 1 is 1.27 bits per heavy atom. The molecule has 0 saturated heterocycles. The van der Waals surface area contributed by atoms with Crippen LogP contribution >= 0.6 is 0 Å². The van der Waals surface area contributed by atoms with Crippen molar-refractivity contribution in [3.63, 3.8) is 0 Å². The number of pyridine rings is 1. The van der Waals surface area contributed by atoms with Crippen LogP contribution in [0, 0.1) is 11.3 Å². The van der Waals surface area contributed by atoms with E-state index in [4.69, 9.17) is 5.26 Å². The fraction of sp³-hybridized carbons (Fsp3) is 0.538. The first kappa shape index (κ1) is 11.7. The maximum Gasteiger partial charge on any atom is 0.186 e. The fourth-order valence-corrected chi connectivity index (χ4v) is 1.63. The predicted octanol–water partition coefficient (Wildman–Crippen LogP) is 2.82. The zero-order valence-corrected chi connectivity index (χ0v) is 9.45. The first-order chi connectivity index (χ1) is 7.36. The normalized spacial score (nSPS) is 9.87. The van der Waals surface area contributed by atoms with Crippen LogP contribution in [-0.2, 0) is 6.54 Å². The highest BCUT2D eigenvalue weighted by molar-refractivity contribution is 5.21. The summed E-state index contributed by atoms with van der Waals surface area (Å²) in [6.45, 7) is 3.25. The van der Waals surface area contributed by atoms with Gasteiger partial charge in [-0.05, 0) is 12.5 Å². The van der Waals surface area contributed by atoms with Crippen molar-refractivity contribution >= 4 is 0 Å². The number of unbranched alkanes of at least 4 members (excludes halogenated alkanes) is 4. The van der Waals surface area contributed by atoms with Gasteiger partial charge >= 0.3 is 0 Å². The van der Waals surface area contributed by atoms with Crippen molar-refractivity contribution < 1.29 is 4.57 Å². The van der Waals surface area contributed by atoms with Crippen molar-refractivity contribution in [1.82, 2.24) is 0 Å². The topological polar surface area (TPSA) is 27.7 Å². The van der Waals surface area contributed by atoms with Crippen LogP contribution in [-0.4, -0.2) is 0 Å². The number of hydrogen-bond donors (Lipinski definition) is 0. The van der Waals surface area contributed by atoms with Gasteiger partial charge in [-0.15, -0.1) is 0 Å². The molecule has 1 heterocycles. The van der Waals surface area contributed by atoms with Crippen LogP contribution in [0.4, 0.5) is 0 Å². The highest BCUT2D eigenvalue weighted by atomic mass is 14.9. The lowest BCUT2D eigenvalue weighted by molar-refractivity contribution is -0.697. The minimum absolute atomic E-state index is 0.742. The van der Waals surface area contributed by atoms with E-state index in [1.807, 2.05) is 24.5 Å². The van der Waals surface area contributed by atoms with Gasteiger partial charge in [0.25, 0.3) is 0 Å². The van der Waals surface area contributed by atoms with Crippen LogP contribution < -0.4 is 4.57 Å². The number of hydrogen-bond acceptors (Lipinski definition) is 1. The summed E-state index contributed by atoms with van der Waals surface area (Å²) >= 11 is 0. The highest BCUT2D eigenvalue weighted by Crippen LogP contribution is 2.02. The molecule has 0 atom stereocenters. The van der Waals surface area contributed by atoms with E-state index in [0.717, 1.165) is 12.1 Å². The number of nitriles is 1. The van der Waals surface area contributed by atoms with Crippen LogP contribution in [0.15, 0.2) is 24.5 Å². The zero-order valence-electron chi connectivity index (χ0n) is 9.45. The molecule has 0 aliphatic rings. The Labute approximate surface area is 92.2 Å². The second-order valence-corrected chi connectivity index (χ2v) is 3.86. The molecule has 1 rings (SSSR count). The van der Waals surface area contributed by atoms with Gasteiger partial charge in [-0.3, -0.25) is 0 Å². The second kappa shape index (κ2) is 7.00. The monoisotopic (exact) mass is 203 g/mol. The van der Waals surface area contributed by atoms with Crippen LogP contribution in [0.1, 0.15) is 44.6 Å². The third-order valence-corrected chi connectivity index (χ3v) is 2.51. The van der Waals surface area contributed by atoms with Crippen molar-refractivity contribution in [1.29, 1.82) is 5.26 Å². The molecule has 0 radical (unpaired) electrons. The van der Waals surface area contributed by atoms with E-state index in [-0.39, 0.29) is 0 Å². The van der Waals surface area contributed by atoms with E-state index in [1.165, 1.54) is 32.1 Å². The molecular formula is C13H19N2+. The summed E-state index contributed by atoms with van der Waals surface area (Å²) < 4.78 is 2.10. The Morgan fingerprint density at radius 2 is 2.07 bits per heavy atom. The Bertz CT molecular complexity index is 326. The van der Waals surface area contributed by atoms with Crippen LogP contribution in [0.5, 0.6) is 0 Å². The predicted molar refractivity (Wildman–Crippen MR) is 60.1 cm³/mol. The summed E-state index contributed by atoms with van der Waals surface area (Å²) in [5.74, 6) is 0. The molecule has 1 aromatic rings. The lowest BCUT2D eigenvalue weighted by Crippen LogP contribution is -2.32. The highest BCUT2D eigenvalue weighted by Gasteiger charge is 2.01. The van der Waals surface area contributed by atoms with Gasteiger partial charge in [0.15, 0.2) is 12.4 Å². The minimum Gasteiger partial charge on any atom is -0.204 e. The maximum atomic E-state index is 8.74. The van der Waals surface area contributed by atoms with Gasteiger partial charge in [0.1, 0.15) is 18.2 Å². The van der Waals surface area contributed by atoms with Gasteiger partial charge in [-0.1, -0.05) is 26.2 Å². The van der Waals surface area contributed by atoms with E-state index in [2.05, 4.69) is 17.6 Å². The van der Waals surface area contributed by atoms with Crippen LogP contribution in [0.3, 0.4) is 0 Å². The van der Waals surface area contributed by atoms with E-state index >= 15 is 0 Å². The lowest BCUT2D eigenvalue weighted by atomic mass is 10.1. The molecule has 0 aliphatic heterocycles. The molecule has 80 valence electrons. The minimum atomic E-state index is 0.742. The molecule has 0 unspecified atom stereocenters. The number of aryl methyl sites for hydroxylation is 1. The fourth-order valence-electron chi connectivity index (χ4n) is 1.63. The maximum absolute atomic E-state index is 8.74. The summed E-state index contributed by atoms with van der Waals surface area (Å²) in [5.41, 5.74) is 0.742. The standard InChI is InChI=1S/C13H19N2/c1-2-3-4-5-6-9-15-10-7-8-13(11-14)12-15/h7-8,10,12H,2-6,9H2,1H3/q+1. The van der Waals surface area contributed by atoms with Gasteiger partial charge in [0, 0.05) is 12.5 Å². The molecule has 0 bridgehead atoms. The number of aromatic nitrogens is 1. The average molecular weight is 203 g/mol. The SMILES string of the molecule is CCCCCCC[n+]1cccc(C#N)c1. The molecule has 0 N–H and O–H groups in total. The van der Waals surface area contributed by atoms with Crippen molar-refractivity contribution in [2.24, 2.45) is 0 Å². The summed E-state index contributed by atoms with van der Waals surface area (Å²) in [6, 6.07) is 5.93. The smallest absolute Gasteiger partial charge is 0.186 e. The molecule has 0 aliphatic carbocycles. The average Bonchev–Trinajstić information content (AvgIpc) is 2.29. The molecule has 0 amide bonds. The van der Waals surface area contributed by atoms with Gasteiger partial charge in [0.2, 0.25) is 0 Å². The molecule has 0 fully saturated rings. The summed E-state index contributed by atoms with van der Waals surface area (Å²) in [4.78, 5) is 0. The van der Waals surface area contributed by atoms with Crippen LogP contribution in [0.25, 0.3) is 0 Å². The van der Waals surface area contributed by atoms with E-state index in [9.17, 15) is 0 Å². The largest absolute Gasteiger partial charge is 0.204 e. The molecule has 2 heteroatoms. The Morgan fingerprint density at radius 3 is 2.80 bits per heavy atom. The first-order valence-electron chi connectivity index (χ1n) is 5.76. The Kier molecular flexibility index (Phi) is 5.47. The van der Waals surface area contributed by atoms with Crippen LogP contribution in [0.2, 0.25) is 0 Å². The molecule has 2 nitrogen and oxygen atoms in total. The third-order valence-electron chi connectivity index (χ3n) is 2.51. The second-order valence-electron chi connectivity index (χ2n) is 3.86. The van der Waals surface area contributed by atoms with Crippen molar-refractivity contribution in [3.05, 3.63) is 30.1 Å². The van der Waals surface area contributed by atoms with Gasteiger partial charge in [0.05, 0.1) is 0 Å². The molecular weight excluding hydrogens is 184 g/mol. The van der Waals surface area contributed by atoms with E-state index in [1.54, 1.807) is 0 Å². The summed E-state index contributed by atoms with van der Waals surface area (Å²) in [5, 5.41) is 8.74. The summed E-state index contributed by atoms with van der Waals surface area (Å²) in [7, 11) is 0. The lowest BCUT2D eigenvalue weighted by Gasteiger charge is -1.97. The number of rotatable bonds is 6. The first-order valence-corrected chi connectivity index (χ1v) is 5.76. The Balaban J connectivity index is 2.28. The van der Waals surface area contributed by atoms with Gasteiger partial charge in [-0.25, -0.2) is 4.57 Å². The molecule has 1 aromatic heterocycles. The Hall–Kier alpha value is -1.36. The van der Waals surface area contributed by atoms with Crippen molar-refractivity contribution in [3.8, 4) is 6.07 Å². The molecule has 0 aromatic carbocycles.